The van der Waals surface area contributed by atoms with Gasteiger partial charge in [0.2, 0.25) is 6.29 Å². The van der Waals surface area contributed by atoms with Crippen molar-refractivity contribution in [3.05, 3.63) is 36.1 Å². The number of hydrogen-bond acceptors (Lipinski definition) is 6. The van der Waals surface area contributed by atoms with Crippen LogP contribution in [0.15, 0.2) is 36.1 Å². The molecule has 1 N–H and O–H groups in total. The van der Waals surface area contributed by atoms with Gasteiger partial charge >= 0.3 is 0 Å². The maximum atomic E-state index is 14.3. The second-order valence-corrected chi connectivity index (χ2v) is 13.4. The minimum Gasteiger partial charge on any atom is -0.467 e. The number of carbonyl (C=O) groups is 3. The molecule has 5 aliphatic rings. The number of hydrogen-bond donors (Lipinski definition) is 1. The number of Topliss-reactive ketones (excluding diaryl/α,β-unsaturated/α-hetero) is 3. The van der Waals surface area contributed by atoms with Gasteiger partial charge in [-0.15, -0.1) is 6.58 Å². The van der Waals surface area contributed by atoms with Crippen molar-refractivity contribution in [3.63, 3.8) is 0 Å². The first-order valence-corrected chi connectivity index (χ1v) is 13.3. The molecule has 6 nitrogen and oxygen atoms in total. The third-order valence-electron chi connectivity index (χ3n) is 10.6. The third-order valence-corrected chi connectivity index (χ3v) is 10.6. The lowest BCUT2D eigenvalue weighted by atomic mass is 9.51. The standard InChI is InChI=1S/C30H40O6/c1-9-26(4)15-19-22(23(32)21(26)16(2)3)29(7)24(33)30(8,36-25(29)35-19)17-13-20-27(5,14-18(17)31)11-10-12-28(20,6)34/h9,17,20-21,25,34H,1-2,10-15H2,3-8H3. The molecule has 196 valence electrons. The van der Waals surface area contributed by atoms with E-state index < -0.39 is 40.2 Å². The molecule has 5 rings (SSSR count). The monoisotopic (exact) mass is 496 g/mol. The average Bonchev–Trinajstić information content (AvgIpc) is 3.12. The molecule has 0 spiro atoms. The lowest BCUT2D eigenvalue weighted by Gasteiger charge is -2.55. The highest BCUT2D eigenvalue weighted by molar-refractivity contribution is 6.12. The van der Waals surface area contributed by atoms with Crippen LogP contribution in [0.3, 0.4) is 0 Å². The molecule has 1 saturated heterocycles. The van der Waals surface area contributed by atoms with E-state index in [4.69, 9.17) is 9.47 Å². The molecule has 6 heteroatoms. The normalized spacial score (nSPS) is 50.4. The van der Waals surface area contributed by atoms with Crippen molar-refractivity contribution >= 4 is 17.3 Å². The summed E-state index contributed by atoms with van der Waals surface area (Å²) in [6, 6.07) is 0. The van der Waals surface area contributed by atoms with Crippen LogP contribution in [-0.2, 0) is 23.9 Å². The number of carbonyl (C=O) groups excluding carboxylic acids is 3. The SMILES string of the molecule is C=CC1(C)CC2=C(C(=O)C1C(=C)C)C1(C)C(=O)C(C)(C3CC4C(C)(O)CCCC4(C)CC3=O)OC1O2. The topological polar surface area (TPSA) is 89.9 Å². The van der Waals surface area contributed by atoms with Crippen LogP contribution in [0.5, 0.6) is 0 Å². The van der Waals surface area contributed by atoms with Gasteiger partial charge in [-0.25, -0.2) is 0 Å². The Morgan fingerprint density at radius 1 is 1.08 bits per heavy atom. The summed E-state index contributed by atoms with van der Waals surface area (Å²) in [7, 11) is 0. The van der Waals surface area contributed by atoms with Crippen molar-refractivity contribution in [1.82, 2.24) is 0 Å². The van der Waals surface area contributed by atoms with E-state index in [-0.39, 0.29) is 28.7 Å². The summed E-state index contributed by atoms with van der Waals surface area (Å²) in [4.78, 5) is 41.8. The molecular weight excluding hydrogens is 456 g/mol. The average molecular weight is 497 g/mol. The molecule has 3 fully saturated rings. The first-order valence-electron chi connectivity index (χ1n) is 13.3. The Morgan fingerprint density at radius 2 is 1.75 bits per heavy atom. The predicted molar refractivity (Wildman–Crippen MR) is 135 cm³/mol. The summed E-state index contributed by atoms with van der Waals surface area (Å²) < 4.78 is 12.6. The molecule has 2 heterocycles. The summed E-state index contributed by atoms with van der Waals surface area (Å²) in [6.45, 7) is 19.2. The molecular formula is C30H40O6. The summed E-state index contributed by atoms with van der Waals surface area (Å²) in [6.07, 6.45) is 4.38. The van der Waals surface area contributed by atoms with Crippen LogP contribution in [0, 0.1) is 34.0 Å². The predicted octanol–water partition coefficient (Wildman–Crippen LogP) is 4.86. The van der Waals surface area contributed by atoms with Crippen LogP contribution >= 0.6 is 0 Å². The number of fused-ring (bicyclic) bond motifs is 3. The van der Waals surface area contributed by atoms with Crippen LogP contribution in [-0.4, -0.2) is 39.9 Å². The Morgan fingerprint density at radius 3 is 2.36 bits per heavy atom. The number of ketones is 3. The molecule has 9 unspecified atom stereocenters. The highest BCUT2D eigenvalue weighted by Gasteiger charge is 2.72. The molecule has 0 amide bonds. The van der Waals surface area contributed by atoms with Crippen LogP contribution in [0.25, 0.3) is 0 Å². The Balaban J connectivity index is 1.53. The molecule has 0 bridgehead atoms. The Kier molecular flexibility index (Phi) is 5.33. The van der Waals surface area contributed by atoms with Crippen molar-refractivity contribution in [2.45, 2.75) is 97.6 Å². The second kappa shape index (κ2) is 7.50. The lowest BCUT2D eigenvalue weighted by molar-refractivity contribution is -0.194. The van der Waals surface area contributed by atoms with E-state index in [1.807, 2.05) is 20.8 Å². The molecule has 0 aromatic heterocycles. The van der Waals surface area contributed by atoms with Crippen LogP contribution in [0.1, 0.15) is 80.1 Å². The van der Waals surface area contributed by atoms with Gasteiger partial charge in [0.05, 0.1) is 23.0 Å². The van der Waals surface area contributed by atoms with Crippen LogP contribution < -0.4 is 0 Å². The van der Waals surface area contributed by atoms with Gasteiger partial charge in [0.25, 0.3) is 0 Å². The van der Waals surface area contributed by atoms with Crippen molar-refractivity contribution in [1.29, 1.82) is 0 Å². The van der Waals surface area contributed by atoms with E-state index in [0.717, 1.165) is 18.4 Å². The molecule has 0 aromatic rings. The number of allylic oxidation sites excluding steroid dienone is 3. The maximum absolute atomic E-state index is 14.3. The molecule has 0 radical (unpaired) electrons. The zero-order chi connectivity index (χ0) is 26.6. The minimum absolute atomic E-state index is 0.00547. The Labute approximate surface area is 214 Å². The van der Waals surface area contributed by atoms with E-state index in [0.29, 0.717) is 37.0 Å². The smallest absolute Gasteiger partial charge is 0.217 e. The fraction of sp³-hybridized carbons (Fsp3) is 0.700. The van der Waals surface area contributed by atoms with Gasteiger partial charge in [-0.1, -0.05) is 38.5 Å². The van der Waals surface area contributed by atoms with Crippen LogP contribution in [0.4, 0.5) is 0 Å². The number of rotatable bonds is 3. The first kappa shape index (κ1) is 25.6. The van der Waals surface area contributed by atoms with Gasteiger partial charge in [0.1, 0.15) is 22.6 Å². The highest BCUT2D eigenvalue weighted by Crippen LogP contribution is 2.63. The fourth-order valence-electron chi connectivity index (χ4n) is 8.62. The number of ether oxygens (including phenoxy) is 2. The largest absolute Gasteiger partial charge is 0.467 e. The Hall–Kier alpha value is -2.05. The van der Waals surface area contributed by atoms with Gasteiger partial charge < -0.3 is 14.6 Å². The van der Waals surface area contributed by atoms with Gasteiger partial charge in [0.15, 0.2) is 11.6 Å². The summed E-state index contributed by atoms with van der Waals surface area (Å²) in [5, 5.41) is 11.3. The highest BCUT2D eigenvalue weighted by atomic mass is 16.7. The third kappa shape index (κ3) is 3.06. The molecule has 2 saturated carbocycles. The van der Waals surface area contributed by atoms with Crippen molar-refractivity contribution in [2.75, 3.05) is 0 Å². The zero-order valence-electron chi connectivity index (χ0n) is 22.5. The summed E-state index contributed by atoms with van der Waals surface area (Å²) in [5.41, 5.74) is -3.40. The van der Waals surface area contributed by atoms with Crippen molar-refractivity contribution in [2.24, 2.45) is 34.0 Å². The van der Waals surface area contributed by atoms with Gasteiger partial charge in [-0.05, 0) is 58.3 Å². The summed E-state index contributed by atoms with van der Waals surface area (Å²) >= 11 is 0. The minimum atomic E-state index is -1.43. The quantitative estimate of drug-likeness (QED) is 0.562. The molecule has 3 aliphatic carbocycles. The zero-order valence-corrected chi connectivity index (χ0v) is 22.5. The molecule has 36 heavy (non-hydrogen) atoms. The Bertz CT molecular complexity index is 1130. The molecule has 0 aromatic carbocycles. The van der Waals surface area contributed by atoms with E-state index in [2.05, 4.69) is 20.1 Å². The second-order valence-electron chi connectivity index (χ2n) is 13.4. The van der Waals surface area contributed by atoms with E-state index >= 15 is 0 Å². The van der Waals surface area contributed by atoms with Crippen LogP contribution in [0.2, 0.25) is 0 Å². The first-order chi connectivity index (χ1) is 16.5. The fourth-order valence-corrected chi connectivity index (χ4v) is 8.62. The van der Waals surface area contributed by atoms with Crippen molar-refractivity contribution in [3.8, 4) is 0 Å². The van der Waals surface area contributed by atoms with Gasteiger partial charge in [-0.3, -0.25) is 14.4 Å². The van der Waals surface area contributed by atoms with Gasteiger partial charge in [-0.2, -0.15) is 0 Å². The van der Waals surface area contributed by atoms with Gasteiger partial charge in [0, 0.05) is 18.3 Å². The lowest BCUT2D eigenvalue weighted by Crippen LogP contribution is -2.59. The van der Waals surface area contributed by atoms with E-state index in [1.54, 1.807) is 19.9 Å². The van der Waals surface area contributed by atoms with Crippen molar-refractivity contribution < 1.29 is 29.0 Å². The summed E-state index contributed by atoms with van der Waals surface area (Å²) in [5.74, 6) is -1.29. The van der Waals surface area contributed by atoms with E-state index in [1.165, 1.54) is 0 Å². The maximum Gasteiger partial charge on any atom is 0.217 e. The molecule has 2 aliphatic heterocycles. The number of aliphatic hydroxyl groups is 1. The van der Waals surface area contributed by atoms with E-state index in [9.17, 15) is 19.5 Å². The molecule has 9 atom stereocenters.